The first-order valence-electron chi connectivity index (χ1n) is 7.83. The number of nitrogens with one attached hydrogen (secondary N) is 1. The first-order valence-corrected chi connectivity index (χ1v) is 7.83. The number of carboxylic acid groups (broad SMARTS) is 1. The third-order valence-electron chi connectivity index (χ3n) is 4.01. The van der Waals surface area contributed by atoms with Gasteiger partial charge in [-0.2, -0.15) is 0 Å². The maximum atomic E-state index is 12.6. The molecule has 132 valence electrons. The maximum Gasteiger partial charge on any atom is 0.337 e. The Balaban J connectivity index is 1.98. The van der Waals surface area contributed by atoms with E-state index >= 15 is 0 Å². The standard InChI is InChI=1S/C20H17NO5/c1-25-17-10-15(20(23)24)16(11-18(17)26-2)21-19(22)14-8-7-12-5-3-4-6-13(12)9-14/h3-11H,1-2H3,(H,21,22)(H,23,24). The Morgan fingerprint density at radius 3 is 2.19 bits per heavy atom. The van der Waals surface area contributed by atoms with Crippen molar-refractivity contribution in [3.63, 3.8) is 0 Å². The summed E-state index contributed by atoms with van der Waals surface area (Å²) in [6, 6.07) is 15.7. The quantitative estimate of drug-likeness (QED) is 0.730. The molecule has 3 aromatic carbocycles. The van der Waals surface area contributed by atoms with Crippen molar-refractivity contribution >= 4 is 28.3 Å². The second kappa shape index (κ2) is 7.14. The zero-order valence-electron chi connectivity index (χ0n) is 14.3. The Morgan fingerprint density at radius 1 is 0.885 bits per heavy atom. The summed E-state index contributed by atoms with van der Waals surface area (Å²) < 4.78 is 10.3. The van der Waals surface area contributed by atoms with Gasteiger partial charge in [0.15, 0.2) is 11.5 Å². The second-order valence-corrected chi connectivity index (χ2v) is 5.57. The van der Waals surface area contributed by atoms with Crippen LogP contribution in [-0.4, -0.2) is 31.2 Å². The van der Waals surface area contributed by atoms with Crippen LogP contribution in [0, 0.1) is 0 Å². The van der Waals surface area contributed by atoms with Crippen LogP contribution in [0.4, 0.5) is 5.69 Å². The zero-order valence-corrected chi connectivity index (χ0v) is 14.3. The van der Waals surface area contributed by atoms with Gasteiger partial charge >= 0.3 is 5.97 Å². The van der Waals surface area contributed by atoms with E-state index in [1.165, 1.54) is 26.4 Å². The second-order valence-electron chi connectivity index (χ2n) is 5.57. The average Bonchev–Trinajstić information content (AvgIpc) is 2.66. The van der Waals surface area contributed by atoms with Crippen LogP contribution in [0.2, 0.25) is 0 Å². The summed E-state index contributed by atoms with van der Waals surface area (Å²) >= 11 is 0. The Morgan fingerprint density at radius 2 is 1.54 bits per heavy atom. The molecule has 6 nitrogen and oxygen atoms in total. The lowest BCUT2D eigenvalue weighted by Crippen LogP contribution is -2.15. The van der Waals surface area contributed by atoms with Crippen LogP contribution in [-0.2, 0) is 0 Å². The van der Waals surface area contributed by atoms with Gasteiger partial charge in [-0.15, -0.1) is 0 Å². The van der Waals surface area contributed by atoms with Gasteiger partial charge in [-0.3, -0.25) is 4.79 Å². The zero-order chi connectivity index (χ0) is 18.7. The normalized spacial score (nSPS) is 10.4. The van der Waals surface area contributed by atoms with E-state index in [2.05, 4.69) is 5.32 Å². The molecule has 0 bridgehead atoms. The number of ether oxygens (including phenoxy) is 2. The van der Waals surface area contributed by atoms with Crippen molar-refractivity contribution in [3.05, 3.63) is 65.7 Å². The van der Waals surface area contributed by atoms with Crippen LogP contribution in [0.15, 0.2) is 54.6 Å². The Labute approximate surface area is 150 Å². The number of anilines is 1. The summed E-state index contributed by atoms with van der Waals surface area (Å²) in [5.74, 6) is -0.995. The summed E-state index contributed by atoms with van der Waals surface area (Å²) in [5, 5.41) is 14.0. The molecule has 2 N–H and O–H groups in total. The minimum Gasteiger partial charge on any atom is -0.493 e. The molecular weight excluding hydrogens is 334 g/mol. The molecule has 0 heterocycles. The highest BCUT2D eigenvalue weighted by Gasteiger charge is 2.18. The fraction of sp³-hybridized carbons (Fsp3) is 0.100. The van der Waals surface area contributed by atoms with Gasteiger partial charge in [0.25, 0.3) is 5.91 Å². The topological polar surface area (TPSA) is 84.9 Å². The van der Waals surface area contributed by atoms with Crippen molar-refractivity contribution in [2.45, 2.75) is 0 Å². The van der Waals surface area contributed by atoms with E-state index in [0.29, 0.717) is 11.3 Å². The molecule has 0 aliphatic carbocycles. The molecule has 0 spiro atoms. The molecule has 6 heteroatoms. The van der Waals surface area contributed by atoms with Crippen molar-refractivity contribution in [3.8, 4) is 11.5 Å². The van der Waals surface area contributed by atoms with Crippen molar-refractivity contribution in [1.82, 2.24) is 0 Å². The lowest BCUT2D eigenvalue weighted by molar-refractivity contribution is 0.0697. The molecule has 26 heavy (non-hydrogen) atoms. The third kappa shape index (κ3) is 3.30. The van der Waals surface area contributed by atoms with Crippen LogP contribution in [0.1, 0.15) is 20.7 Å². The van der Waals surface area contributed by atoms with Gasteiger partial charge in [0.05, 0.1) is 25.5 Å². The Hall–Kier alpha value is -3.54. The van der Waals surface area contributed by atoms with Crippen LogP contribution < -0.4 is 14.8 Å². The number of hydrogen-bond donors (Lipinski definition) is 2. The molecule has 0 saturated heterocycles. The minimum atomic E-state index is -1.18. The van der Waals surface area contributed by atoms with Gasteiger partial charge in [-0.1, -0.05) is 30.3 Å². The SMILES string of the molecule is COc1cc(NC(=O)c2ccc3ccccc3c2)c(C(=O)O)cc1OC. The Kier molecular flexibility index (Phi) is 4.75. The van der Waals surface area contributed by atoms with E-state index in [0.717, 1.165) is 10.8 Å². The van der Waals surface area contributed by atoms with E-state index < -0.39 is 11.9 Å². The number of carboxylic acids is 1. The molecule has 0 saturated carbocycles. The monoisotopic (exact) mass is 351 g/mol. The summed E-state index contributed by atoms with van der Waals surface area (Å²) in [6.07, 6.45) is 0. The molecule has 0 aromatic heterocycles. The van der Waals surface area contributed by atoms with E-state index in [9.17, 15) is 14.7 Å². The van der Waals surface area contributed by atoms with Crippen LogP contribution in [0.25, 0.3) is 10.8 Å². The summed E-state index contributed by atoms with van der Waals surface area (Å²) in [7, 11) is 2.85. The van der Waals surface area contributed by atoms with Crippen LogP contribution in [0.3, 0.4) is 0 Å². The number of benzene rings is 3. The van der Waals surface area contributed by atoms with Gasteiger partial charge in [0.1, 0.15) is 0 Å². The van der Waals surface area contributed by atoms with Gasteiger partial charge in [0.2, 0.25) is 0 Å². The van der Waals surface area contributed by atoms with Crippen molar-refractivity contribution in [2.24, 2.45) is 0 Å². The van der Waals surface area contributed by atoms with E-state index in [-0.39, 0.29) is 17.0 Å². The highest BCUT2D eigenvalue weighted by molar-refractivity contribution is 6.09. The number of methoxy groups -OCH3 is 2. The van der Waals surface area contributed by atoms with Gasteiger partial charge in [0, 0.05) is 17.7 Å². The number of carbonyl (C=O) groups is 2. The first kappa shape index (κ1) is 17.3. The number of amides is 1. The summed E-state index contributed by atoms with van der Waals surface area (Å²) in [5.41, 5.74) is 0.472. The molecule has 0 atom stereocenters. The molecule has 1 amide bonds. The first-order chi connectivity index (χ1) is 12.5. The minimum absolute atomic E-state index is 0.0863. The molecular formula is C20H17NO5. The predicted octanol–water partition coefficient (Wildman–Crippen LogP) is 3.81. The molecule has 0 fully saturated rings. The van der Waals surface area contributed by atoms with Gasteiger partial charge in [-0.05, 0) is 22.9 Å². The molecule has 0 unspecified atom stereocenters. The number of carbonyl (C=O) groups excluding carboxylic acids is 1. The molecule has 3 rings (SSSR count). The number of fused-ring (bicyclic) bond motifs is 1. The largest absolute Gasteiger partial charge is 0.493 e. The van der Waals surface area contributed by atoms with E-state index in [4.69, 9.17) is 9.47 Å². The summed E-state index contributed by atoms with van der Waals surface area (Å²) in [6.45, 7) is 0. The fourth-order valence-electron chi connectivity index (χ4n) is 2.68. The molecule has 3 aromatic rings. The highest BCUT2D eigenvalue weighted by Crippen LogP contribution is 2.33. The van der Waals surface area contributed by atoms with Gasteiger partial charge < -0.3 is 19.9 Å². The molecule has 0 aliphatic heterocycles. The van der Waals surface area contributed by atoms with Crippen molar-refractivity contribution < 1.29 is 24.2 Å². The molecule has 0 aliphatic rings. The fourth-order valence-corrected chi connectivity index (χ4v) is 2.68. The van der Waals surface area contributed by atoms with Gasteiger partial charge in [-0.25, -0.2) is 4.79 Å². The van der Waals surface area contributed by atoms with Crippen LogP contribution in [0.5, 0.6) is 11.5 Å². The predicted molar refractivity (Wildman–Crippen MR) is 98.4 cm³/mol. The number of rotatable bonds is 5. The van der Waals surface area contributed by atoms with Crippen molar-refractivity contribution in [1.29, 1.82) is 0 Å². The third-order valence-corrected chi connectivity index (χ3v) is 4.01. The number of hydrogen-bond acceptors (Lipinski definition) is 4. The highest BCUT2D eigenvalue weighted by atomic mass is 16.5. The lowest BCUT2D eigenvalue weighted by atomic mass is 10.1. The van der Waals surface area contributed by atoms with E-state index in [1.807, 2.05) is 30.3 Å². The van der Waals surface area contributed by atoms with Crippen LogP contribution >= 0.6 is 0 Å². The maximum absolute atomic E-state index is 12.6. The van der Waals surface area contributed by atoms with E-state index in [1.54, 1.807) is 12.1 Å². The lowest BCUT2D eigenvalue weighted by Gasteiger charge is -2.14. The summed E-state index contributed by atoms with van der Waals surface area (Å²) in [4.78, 5) is 24.1. The Bertz CT molecular complexity index is 997. The molecule has 0 radical (unpaired) electrons. The van der Waals surface area contributed by atoms with Crippen molar-refractivity contribution in [2.75, 3.05) is 19.5 Å². The smallest absolute Gasteiger partial charge is 0.337 e. The average molecular weight is 351 g/mol. The number of aromatic carboxylic acids is 1.